The minimum atomic E-state index is -4.86. The second kappa shape index (κ2) is 13.8. The normalized spacial score (nSPS) is 12.5. The van der Waals surface area contributed by atoms with E-state index in [2.05, 4.69) is 15.1 Å². The summed E-state index contributed by atoms with van der Waals surface area (Å²) in [7, 11) is 1.74. The largest absolute Gasteiger partial charge is 0.505 e. The van der Waals surface area contributed by atoms with Crippen LogP contribution in [0.5, 0.6) is 5.75 Å². The Hall–Kier alpha value is -4.34. The summed E-state index contributed by atoms with van der Waals surface area (Å²) in [4.78, 5) is 30.7. The number of aliphatic hydroxyl groups is 1. The molecular formula is C25H24F7N5O4. The van der Waals surface area contributed by atoms with Crippen LogP contribution in [0.3, 0.4) is 0 Å². The Morgan fingerprint density at radius 3 is 2.17 bits per heavy atom. The highest BCUT2D eigenvalue weighted by molar-refractivity contribution is 5.84. The first-order valence-corrected chi connectivity index (χ1v) is 11.7. The maximum absolute atomic E-state index is 14.4. The predicted molar refractivity (Wildman–Crippen MR) is 132 cm³/mol. The molecule has 0 fully saturated rings. The number of carbonyl (C=O) groups is 1. The fraction of sp³-hybridized carbons (Fsp3) is 0.320. The molecule has 3 rings (SSSR count). The van der Waals surface area contributed by atoms with Crippen molar-refractivity contribution in [2.24, 2.45) is 0 Å². The average Bonchev–Trinajstić information content (AvgIpc) is 2.87. The van der Waals surface area contributed by atoms with Gasteiger partial charge in [0.25, 0.3) is 5.56 Å². The van der Waals surface area contributed by atoms with E-state index >= 15 is 0 Å². The Morgan fingerprint density at radius 2 is 1.68 bits per heavy atom. The van der Waals surface area contributed by atoms with Crippen molar-refractivity contribution in [2.75, 3.05) is 13.6 Å². The van der Waals surface area contributed by atoms with E-state index in [1.54, 1.807) is 29.3 Å². The number of aromatic nitrogens is 4. The van der Waals surface area contributed by atoms with Crippen LogP contribution in [0.1, 0.15) is 46.8 Å². The molecule has 9 nitrogen and oxygen atoms in total. The quantitative estimate of drug-likeness (QED) is 0.254. The Balaban J connectivity index is 0.000000408. The van der Waals surface area contributed by atoms with Crippen molar-refractivity contribution in [1.29, 1.82) is 0 Å². The summed E-state index contributed by atoms with van der Waals surface area (Å²) in [5, 5.41) is 23.0. The van der Waals surface area contributed by atoms with E-state index in [0.717, 1.165) is 12.5 Å². The van der Waals surface area contributed by atoms with Crippen molar-refractivity contribution in [3.8, 4) is 17.1 Å². The minimum Gasteiger partial charge on any atom is -0.505 e. The highest BCUT2D eigenvalue weighted by Crippen LogP contribution is 2.32. The number of nitrogens with one attached hydrogen (secondary N) is 1. The molecule has 3 N–H and O–H groups in total. The van der Waals surface area contributed by atoms with Crippen molar-refractivity contribution in [1.82, 2.24) is 25.1 Å². The number of rotatable bonds is 8. The van der Waals surface area contributed by atoms with Gasteiger partial charge < -0.3 is 15.1 Å². The third-order valence-electron chi connectivity index (χ3n) is 5.27. The molecule has 41 heavy (non-hydrogen) atoms. The van der Waals surface area contributed by atoms with Gasteiger partial charge in [0.2, 0.25) is 0 Å². The number of hydrogen-bond acceptors (Lipinski definition) is 8. The number of benzene rings is 1. The van der Waals surface area contributed by atoms with Crippen molar-refractivity contribution in [3.63, 3.8) is 0 Å². The first-order valence-electron chi connectivity index (χ1n) is 11.7. The minimum absolute atomic E-state index is 0.0666. The second-order valence-electron chi connectivity index (χ2n) is 8.53. The van der Waals surface area contributed by atoms with Gasteiger partial charge in [-0.15, -0.1) is 0 Å². The molecule has 3 aromatic rings. The Kier molecular flexibility index (Phi) is 11.1. The summed E-state index contributed by atoms with van der Waals surface area (Å²) >= 11 is 0. The number of likely N-dealkylation sites (N-methyl/N-ethyl adjacent to an activating group) is 1. The summed E-state index contributed by atoms with van der Waals surface area (Å²) < 4.78 is 88.0. The molecule has 0 amide bonds. The standard InChI is InChI=1S/C20H21F4N3O2.C5H3F3N2O2/c1-3-4-16(29)11-27(2)6-5-13-7-17(18(21)8-14(13)12-28)19-25-9-15(10-26-19)20(22,23)24;6-5(7,8)3-2(11)1-9-10-4(3)12/h5-10,12,16,29H,3-4,11H2,1-2H3;1H,(H2,10,11,12)/b6-5-;. The second-order valence-corrected chi connectivity index (χ2v) is 8.53. The molecule has 222 valence electrons. The van der Waals surface area contributed by atoms with Gasteiger partial charge in [-0.05, 0) is 36.4 Å². The van der Waals surface area contributed by atoms with Crippen LogP contribution >= 0.6 is 0 Å². The first kappa shape index (κ1) is 32.9. The monoisotopic (exact) mass is 591 g/mol. The lowest BCUT2D eigenvalue weighted by Gasteiger charge is -2.18. The summed E-state index contributed by atoms with van der Waals surface area (Å²) in [5.74, 6) is -2.23. The van der Waals surface area contributed by atoms with Gasteiger partial charge in [0.1, 0.15) is 5.82 Å². The van der Waals surface area contributed by atoms with Gasteiger partial charge in [-0.1, -0.05) is 13.3 Å². The van der Waals surface area contributed by atoms with E-state index in [1.807, 2.05) is 6.92 Å². The highest BCUT2D eigenvalue weighted by Gasteiger charge is 2.37. The summed E-state index contributed by atoms with van der Waals surface area (Å²) in [6.45, 7) is 2.33. The molecular weight excluding hydrogens is 567 g/mol. The molecule has 1 atom stereocenters. The van der Waals surface area contributed by atoms with Gasteiger partial charge in [-0.3, -0.25) is 9.59 Å². The zero-order valence-electron chi connectivity index (χ0n) is 21.5. The lowest BCUT2D eigenvalue weighted by atomic mass is 10.0. The number of aliphatic hydroxyl groups excluding tert-OH is 1. The van der Waals surface area contributed by atoms with E-state index in [-0.39, 0.29) is 17.0 Å². The van der Waals surface area contributed by atoms with Crippen LogP contribution in [-0.4, -0.2) is 61.3 Å². The van der Waals surface area contributed by atoms with Crippen molar-refractivity contribution in [3.05, 3.63) is 75.3 Å². The van der Waals surface area contributed by atoms with Gasteiger partial charge in [-0.2, -0.15) is 31.4 Å². The molecule has 2 aromatic heterocycles. The first-order chi connectivity index (χ1) is 19.1. The molecule has 0 spiro atoms. The van der Waals surface area contributed by atoms with Crippen molar-refractivity contribution in [2.45, 2.75) is 38.2 Å². The molecule has 0 bridgehead atoms. The van der Waals surface area contributed by atoms with Crippen LogP contribution in [0.4, 0.5) is 30.7 Å². The van der Waals surface area contributed by atoms with E-state index in [0.29, 0.717) is 43.4 Å². The number of nitrogens with zero attached hydrogens (tertiary/aromatic N) is 4. The van der Waals surface area contributed by atoms with E-state index < -0.39 is 46.7 Å². The van der Waals surface area contributed by atoms with E-state index in [4.69, 9.17) is 5.11 Å². The van der Waals surface area contributed by atoms with Gasteiger partial charge in [0.05, 0.1) is 23.4 Å². The number of carbonyl (C=O) groups excluding carboxylic acids is 1. The number of aromatic amines is 1. The Bertz CT molecular complexity index is 1410. The Morgan fingerprint density at radius 1 is 1.05 bits per heavy atom. The number of H-pyrrole nitrogens is 1. The maximum Gasteiger partial charge on any atom is 0.425 e. The number of aldehydes is 1. The topological polar surface area (TPSA) is 132 Å². The third kappa shape index (κ3) is 9.37. The fourth-order valence-electron chi connectivity index (χ4n) is 3.32. The number of aromatic hydroxyl groups is 1. The molecule has 0 saturated heterocycles. The fourth-order valence-corrected chi connectivity index (χ4v) is 3.32. The average molecular weight is 591 g/mol. The number of halogens is 7. The molecule has 16 heteroatoms. The third-order valence-corrected chi connectivity index (χ3v) is 5.27. The smallest absolute Gasteiger partial charge is 0.425 e. The van der Waals surface area contributed by atoms with Gasteiger partial charge in [-0.25, -0.2) is 19.5 Å². The summed E-state index contributed by atoms with van der Waals surface area (Å²) in [6, 6.07) is 2.28. The predicted octanol–water partition coefficient (Wildman–Crippen LogP) is 4.67. The van der Waals surface area contributed by atoms with Gasteiger partial charge in [0, 0.05) is 31.5 Å². The van der Waals surface area contributed by atoms with Crippen molar-refractivity contribution < 1.29 is 45.7 Å². The number of alkyl halides is 6. The lowest BCUT2D eigenvalue weighted by Crippen LogP contribution is -2.24. The number of hydrogen-bond donors (Lipinski definition) is 3. The van der Waals surface area contributed by atoms with E-state index in [1.165, 1.54) is 6.07 Å². The molecule has 0 saturated carbocycles. The van der Waals surface area contributed by atoms with Crippen molar-refractivity contribution >= 4 is 12.4 Å². The van der Waals surface area contributed by atoms with Gasteiger partial charge in [0.15, 0.2) is 23.4 Å². The highest BCUT2D eigenvalue weighted by atomic mass is 19.4. The van der Waals surface area contributed by atoms with E-state index in [9.17, 15) is 45.4 Å². The molecule has 0 aliphatic rings. The lowest BCUT2D eigenvalue weighted by molar-refractivity contribution is -0.140. The van der Waals surface area contributed by atoms with Crippen LogP contribution in [0.25, 0.3) is 17.5 Å². The maximum atomic E-state index is 14.4. The van der Waals surface area contributed by atoms with Crippen LogP contribution < -0.4 is 5.56 Å². The zero-order chi connectivity index (χ0) is 31.0. The van der Waals surface area contributed by atoms with Gasteiger partial charge >= 0.3 is 12.4 Å². The molecule has 0 aliphatic heterocycles. The Labute approximate surface area is 228 Å². The molecule has 0 radical (unpaired) electrons. The molecule has 1 unspecified atom stereocenters. The molecule has 2 heterocycles. The van der Waals surface area contributed by atoms with Crippen LogP contribution in [0, 0.1) is 5.82 Å². The van der Waals surface area contributed by atoms with Crippen LogP contribution in [0.15, 0.2) is 41.7 Å². The zero-order valence-corrected chi connectivity index (χ0v) is 21.5. The summed E-state index contributed by atoms with van der Waals surface area (Å²) in [5.41, 5.74) is -3.84. The van der Waals surface area contributed by atoms with Crippen LogP contribution in [-0.2, 0) is 12.4 Å². The SMILES string of the molecule is CCCC(O)CN(C)/C=C\c1cc(-c2ncc(C(F)(F)F)cn2)c(F)cc1C=O.O=c1[nH]ncc(O)c1C(F)(F)F. The molecule has 1 aromatic carbocycles. The summed E-state index contributed by atoms with van der Waals surface area (Å²) in [6.07, 6.45) is -3.17. The van der Waals surface area contributed by atoms with Crippen LogP contribution in [0.2, 0.25) is 0 Å². The molecule has 0 aliphatic carbocycles.